The summed E-state index contributed by atoms with van der Waals surface area (Å²) in [5.74, 6) is -0.154. The predicted molar refractivity (Wildman–Crippen MR) is 59.6 cm³/mol. The van der Waals surface area contributed by atoms with Crippen molar-refractivity contribution in [3.8, 4) is 0 Å². The molecule has 0 saturated heterocycles. The number of carbonyl (C=O) groups is 1. The maximum Gasteiger partial charge on any atom is 0.274 e. The molecule has 2 aromatic rings. The highest BCUT2D eigenvalue weighted by Crippen LogP contribution is 2.27. The minimum atomic E-state index is -0.438. The van der Waals surface area contributed by atoms with Gasteiger partial charge in [-0.05, 0) is 19.1 Å². The standard InChI is InChI=1S/C11H10N2O3/c1-7-10(13(15)16)4-3-9-5-6-12(8(2)14)11(7)9/h3-6H,1-2H3. The van der Waals surface area contributed by atoms with Crippen molar-refractivity contribution in [2.45, 2.75) is 13.8 Å². The van der Waals surface area contributed by atoms with Gasteiger partial charge in [0, 0.05) is 24.6 Å². The second-order valence-corrected chi connectivity index (χ2v) is 3.61. The first-order valence-electron chi connectivity index (χ1n) is 4.78. The van der Waals surface area contributed by atoms with Gasteiger partial charge in [0.15, 0.2) is 0 Å². The topological polar surface area (TPSA) is 65.1 Å². The molecule has 0 aliphatic rings. The van der Waals surface area contributed by atoms with Crippen molar-refractivity contribution in [1.82, 2.24) is 4.57 Å². The molecule has 5 nitrogen and oxygen atoms in total. The van der Waals surface area contributed by atoms with Gasteiger partial charge in [-0.3, -0.25) is 19.5 Å². The minimum Gasteiger partial charge on any atom is -0.287 e. The Hall–Kier alpha value is -2.17. The van der Waals surface area contributed by atoms with Crippen LogP contribution in [0.3, 0.4) is 0 Å². The number of aromatic nitrogens is 1. The third kappa shape index (κ3) is 1.37. The van der Waals surface area contributed by atoms with Crippen LogP contribution < -0.4 is 0 Å². The summed E-state index contributed by atoms with van der Waals surface area (Å²) in [7, 11) is 0. The average Bonchev–Trinajstić information content (AvgIpc) is 2.61. The molecule has 82 valence electrons. The zero-order valence-corrected chi connectivity index (χ0v) is 8.93. The van der Waals surface area contributed by atoms with Crippen molar-refractivity contribution < 1.29 is 9.72 Å². The van der Waals surface area contributed by atoms with Crippen LogP contribution in [0.15, 0.2) is 24.4 Å². The van der Waals surface area contributed by atoms with Crippen LogP contribution in [0.1, 0.15) is 17.3 Å². The van der Waals surface area contributed by atoms with Gasteiger partial charge in [-0.15, -0.1) is 0 Å². The number of nitro benzene ring substituents is 1. The number of rotatable bonds is 1. The van der Waals surface area contributed by atoms with E-state index >= 15 is 0 Å². The Labute approximate surface area is 91.4 Å². The molecular formula is C11H10N2O3. The maximum absolute atomic E-state index is 11.3. The Balaban J connectivity index is 2.85. The molecule has 0 saturated carbocycles. The molecule has 1 aromatic carbocycles. The van der Waals surface area contributed by atoms with Crippen molar-refractivity contribution >= 4 is 22.5 Å². The van der Waals surface area contributed by atoms with Crippen molar-refractivity contribution in [1.29, 1.82) is 0 Å². The predicted octanol–water partition coefficient (Wildman–Crippen LogP) is 2.52. The number of fused-ring (bicyclic) bond motifs is 1. The molecule has 0 radical (unpaired) electrons. The summed E-state index contributed by atoms with van der Waals surface area (Å²) in [5.41, 5.74) is 1.16. The summed E-state index contributed by atoms with van der Waals surface area (Å²) in [6.07, 6.45) is 1.63. The van der Waals surface area contributed by atoms with E-state index in [1.165, 1.54) is 17.6 Å². The van der Waals surface area contributed by atoms with Crippen LogP contribution in [0.5, 0.6) is 0 Å². The number of benzene rings is 1. The lowest BCUT2D eigenvalue weighted by atomic mass is 10.1. The molecule has 0 unspecified atom stereocenters. The van der Waals surface area contributed by atoms with Gasteiger partial charge in [0.25, 0.3) is 5.69 Å². The monoisotopic (exact) mass is 218 g/mol. The lowest BCUT2D eigenvalue weighted by Crippen LogP contribution is -2.05. The fourth-order valence-corrected chi connectivity index (χ4v) is 1.85. The molecule has 1 heterocycles. The largest absolute Gasteiger partial charge is 0.287 e. The number of hydrogen-bond donors (Lipinski definition) is 0. The highest BCUT2D eigenvalue weighted by Gasteiger charge is 2.16. The van der Waals surface area contributed by atoms with E-state index in [2.05, 4.69) is 0 Å². The molecule has 16 heavy (non-hydrogen) atoms. The zero-order chi connectivity index (χ0) is 11.9. The molecule has 2 rings (SSSR count). The van der Waals surface area contributed by atoms with E-state index in [1.807, 2.05) is 0 Å². The molecule has 0 atom stereocenters. The minimum absolute atomic E-state index is 0.0358. The summed E-state index contributed by atoms with van der Waals surface area (Å²) in [6, 6.07) is 4.88. The van der Waals surface area contributed by atoms with Crippen LogP contribution >= 0.6 is 0 Å². The second-order valence-electron chi connectivity index (χ2n) is 3.61. The Kier molecular flexibility index (Phi) is 2.23. The SMILES string of the molecule is CC(=O)n1ccc2ccc([N+](=O)[O-])c(C)c21. The molecule has 0 aliphatic heterocycles. The number of aryl methyl sites for hydroxylation is 1. The highest BCUT2D eigenvalue weighted by atomic mass is 16.6. The lowest BCUT2D eigenvalue weighted by Gasteiger charge is -2.03. The first-order chi connectivity index (χ1) is 7.52. The summed E-state index contributed by atoms with van der Waals surface area (Å²) in [5, 5.41) is 11.6. The zero-order valence-electron chi connectivity index (χ0n) is 8.93. The molecule has 0 fully saturated rings. The third-order valence-electron chi connectivity index (χ3n) is 2.61. The molecule has 5 heteroatoms. The number of hydrogen-bond acceptors (Lipinski definition) is 3. The average molecular weight is 218 g/mol. The van der Waals surface area contributed by atoms with Crippen molar-refractivity contribution in [3.05, 3.63) is 40.1 Å². The van der Waals surface area contributed by atoms with Gasteiger partial charge < -0.3 is 0 Å². The normalized spacial score (nSPS) is 10.6. The van der Waals surface area contributed by atoms with Crippen LogP contribution in [0, 0.1) is 17.0 Å². The van der Waals surface area contributed by atoms with E-state index < -0.39 is 4.92 Å². The second kappa shape index (κ2) is 3.44. The fourth-order valence-electron chi connectivity index (χ4n) is 1.85. The van der Waals surface area contributed by atoms with Crippen LogP contribution in [0.2, 0.25) is 0 Å². The van der Waals surface area contributed by atoms with Crippen LogP contribution in [-0.4, -0.2) is 15.4 Å². The number of nitrogens with zero attached hydrogens (tertiary/aromatic N) is 2. The van der Waals surface area contributed by atoms with Crippen LogP contribution in [0.4, 0.5) is 5.69 Å². The van der Waals surface area contributed by atoms with Crippen LogP contribution in [-0.2, 0) is 0 Å². The van der Waals surface area contributed by atoms with Crippen LogP contribution in [0.25, 0.3) is 10.9 Å². The molecular weight excluding hydrogens is 208 g/mol. The Morgan fingerprint density at radius 3 is 2.62 bits per heavy atom. The number of nitro groups is 1. The van der Waals surface area contributed by atoms with E-state index in [0.717, 1.165) is 5.39 Å². The van der Waals surface area contributed by atoms with Crippen molar-refractivity contribution in [2.24, 2.45) is 0 Å². The van der Waals surface area contributed by atoms with Gasteiger partial charge in [0.05, 0.1) is 16.0 Å². The molecule has 0 spiro atoms. The van der Waals surface area contributed by atoms with Gasteiger partial charge in [-0.25, -0.2) is 0 Å². The highest BCUT2D eigenvalue weighted by molar-refractivity contribution is 5.94. The Bertz CT molecular complexity index is 599. The molecule has 0 amide bonds. The van der Waals surface area contributed by atoms with E-state index in [0.29, 0.717) is 11.1 Å². The van der Waals surface area contributed by atoms with Gasteiger partial charge in [0.1, 0.15) is 0 Å². The molecule has 0 N–H and O–H groups in total. The smallest absolute Gasteiger partial charge is 0.274 e. The van der Waals surface area contributed by atoms with Gasteiger partial charge in [0.2, 0.25) is 5.91 Å². The molecule has 0 bridgehead atoms. The Morgan fingerprint density at radius 1 is 1.38 bits per heavy atom. The summed E-state index contributed by atoms with van der Waals surface area (Å²) in [6.45, 7) is 3.08. The summed E-state index contributed by atoms with van der Waals surface area (Å²) < 4.78 is 1.43. The third-order valence-corrected chi connectivity index (χ3v) is 2.61. The molecule has 1 aromatic heterocycles. The van der Waals surface area contributed by atoms with Gasteiger partial charge in [-0.2, -0.15) is 0 Å². The molecule has 0 aliphatic carbocycles. The van der Waals surface area contributed by atoms with Crippen molar-refractivity contribution in [3.63, 3.8) is 0 Å². The van der Waals surface area contributed by atoms with Gasteiger partial charge in [-0.1, -0.05) is 0 Å². The van der Waals surface area contributed by atoms with E-state index in [1.54, 1.807) is 25.3 Å². The van der Waals surface area contributed by atoms with Crippen molar-refractivity contribution in [2.75, 3.05) is 0 Å². The lowest BCUT2D eigenvalue weighted by molar-refractivity contribution is -0.385. The fraction of sp³-hybridized carbons (Fsp3) is 0.182. The Morgan fingerprint density at radius 2 is 2.06 bits per heavy atom. The van der Waals surface area contributed by atoms with E-state index in [9.17, 15) is 14.9 Å². The van der Waals surface area contributed by atoms with E-state index in [4.69, 9.17) is 0 Å². The first-order valence-corrected chi connectivity index (χ1v) is 4.78. The summed E-state index contributed by atoms with van der Waals surface area (Å²) >= 11 is 0. The van der Waals surface area contributed by atoms with E-state index in [-0.39, 0.29) is 11.6 Å². The summed E-state index contributed by atoms with van der Waals surface area (Å²) in [4.78, 5) is 21.7. The van der Waals surface area contributed by atoms with Gasteiger partial charge >= 0.3 is 0 Å². The first kappa shape index (κ1) is 10.4. The quantitative estimate of drug-likeness (QED) is 0.545. The maximum atomic E-state index is 11.3. The number of carbonyl (C=O) groups excluding carboxylic acids is 1.